The van der Waals surface area contributed by atoms with Gasteiger partial charge < -0.3 is 15.2 Å². The number of H-pyrrole nitrogens is 1. The van der Waals surface area contributed by atoms with E-state index in [-0.39, 0.29) is 0 Å². The SMILES string of the molecule is O=C(C(=O)N1CCNCC1)c1cc2ccccc2[nH]1. The maximum absolute atomic E-state index is 12.2. The molecule has 1 aliphatic heterocycles. The van der Waals surface area contributed by atoms with Gasteiger partial charge in [-0.2, -0.15) is 0 Å². The monoisotopic (exact) mass is 257 g/mol. The summed E-state index contributed by atoms with van der Waals surface area (Å²) in [5.41, 5.74) is 1.24. The molecule has 0 bridgehead atoms. The van der Waals surface area contributed by atoms with Gasteiger partial charge in [-0.1, -0.05) is 18.2 Å². The normalized spacial score (nSPS) is 15.7. The first-order valence-corrected chi connectivity index (χ1v) is 6.38. The van der Waals surface area contributed by atoms with E-state index in [2.05, 4.69) is 10.3 Å². The van der Waals surface area contributed by atoms with Crippen LogP contribution in [0.1, 0.15) is 10.5 Å². The third-order valence-electron chi connectivity index (χ3n) is 3.37. The van der Waals surface area contributed by atoms with E-state index < -0.39 is 11.7 Å². The van der Waals surface area contributed by atoms with Crippen molar-refractivity contribution >= 4 is 22.6 Å². The number of fused-ring (bicyclic) bond motifs is 1. The van der Waals surface area contributed by atoms with Crippen LogP contribution >= 0.6 is 0 Å². The lowest BCUT2D eigenvalue weighted by atomic mass is 10.2. The quantitative estimate of drug-likeness (QED) is 0.617. The van der Waals surface area contributed by atoms with Gasteiger partial charge in [-0.15, -0.1) is 0 Å². The predicted octanol–water partition coefficient (Wildman–Crippen LogP) is 0.782. The van der Waals surface area contributed by atoms with Gasteiger partial charge in [-0.3, -0.25) is 9.59 Å². The van der Waals surface area contributed by atoms with Gasteiger partial charge in [0, 0.05) is 37.1 Å². The second-order valence-corrected chi connectivity index (χ2v) is 4.64. The molecule has 1 saturated heterocycles. The highest BCUT2D eigenvalue weighted by Gasteiger charge is 2.25. The molecule has 0 atom stereocenters. The summed E-state index contributed by atoms with van der Waals surface area (Å²) in [5, 5.41) is 4.10. The van der Waals surface area contributed by atoms with Gasteiger partial charge in [0.1, 0.15) is 0 Å². The molecule has 2 N–H and O–H groups in total. The van der Waals surface area contributed by atoms with Crippen LogP contribution in [-0.2, 0) is 4.79 Å². The summed E-state index contributed by atoms with van der Waals surface area (Å²) >= 11 is 0. The third-order valence-corrected chi connectivity index (χ3v) is 3.37. The zero-order valence-corrected chi connectivity index (χ0v) is 10.5. The number of rotatable bonds is 2. The maximum Gasteiger partial charge on any atom is 0.296 e. The number of carbonyl (C=O) groups excluding carboxylic acids is 2. The number of aromatic amines is 1. The van der Waals surface area contributed by atoms with Crippen molar-refractivity contribution in [3.05, 3.63) is 36.0 Å². The van der Waals surface area contributed by atoms with Crippen molar-refractivity contribution in [1.29, 1.82) is 0 Å². The number of para-hydroxylation sites is 1. The zero-order valence-electron chi connectivity index (χ0n) is 10.5. The van der Waals surface area contributed by atoms with Crippen LogP contribution in [0.3, 0.4) is 0 Å². The highest BCUT2D eigenvalue weighted by Crippen LogP contribution is 2.15. The lowest BCUT2D eigenvalue weighted by Gasteiger charge is -2.26. The van der Waals surface area contributed by atoms with E-state index in [1.807, 2.05) is 24.3 Å². The Morgan fingerprint density at radius 2 is 1.84 bits per heavy atom. The Labute approximate surface area is 110 Å². The molecule has 5 nitrogen and oxygen atoms in total. The van der Waals surface area contributed by atoms with Gasteiger partial charge in [-0.25, -0.2) is 0 Å². The first kappa shape index (κ1) is 11.9. The average molecular weight is 257 g/mol. The summed E-state index contributed by atoms with van der Waals surface area (Å²) in [6.45, 7) is 2.66. The van der Waals surface area contributed by atoms with E-state index in [1.165, 1.54) is 0 Å². The molecule has 1 aromatic carbocycles. The molecular formula is C14H15N3O2. The fourth-order valence-corrected chi connectivity index (χ4v) is 2.32. The van der Waals surface area contributed by atoms with E-state index in [9.17, 15) is 9.59 Å². The van der Waals surface area contributed by atoms with Crippen LogP contribution in [0.25, 0.3) is 10.9 Å². The van der Waals surface area contributed by atoms with Crippen molar-refractivity contribution in [2.75, 3.05) is 26.2 Å². The first-order valence-electron chi connectivity index (χ1n) is 6.38. The number of amides is 1. The number of nitrogens with one attached hydrogen (secondary N) is 2. The van der Waals surface area contributed by atoms with Gasteiger partial charge in [0.05, 0.1) is 5.69 Å². The van der Waals surface area contributed by atoms with Crippen LogP contribution in [-0.4, -0.2) is 47.8 Å². The minimum Gasteiger partial charge on any atom is -0.352 e. The summed E-state index contributed by atoms with van der Waals surface area (Å²) in [6, 6.07) is 9.34. The highest BCUT2D eigenvalue weighted by molar-refractivity contribution is 6.42. The van der Waals surface area contributed by atoms with Crippen LogP contribution < -0.4 is 5.32 Å². The third kappa shape index (κ3) is 2.24. The maximum atomic E-state index is 12.2. The molecule has 0 unspecified atom stereocenters. The standard InChI is InChI=1S/C14H15N3O2/c18-13(14(19)17-7-5-15-6-8-17)12-9-10-3-1-2-4-11(10)16-12/h1-4,9,15-16H,5-8H2. The van der Waals surface area contributed by atoms with Crippen LogP contribution in [0.15, 0.2) is 30.3 Å². The summed E-state index contributed by atoms with van der Waals surface area (Å²) in [7, 11) is 0. The second kappa shape index (κ2) is 4.85. The molecule has 1 aliphatic rings. The van der Waals surface area contributed by atoms with E-state index >= 15 is 0 Å². The van der Waals surface area contributed by atoms with Gasteiger partial charge in [-0.05, 0) is 12.1 Å². The van der Waals surface area contributed by atoms with E-state index in [0.717, 1.165) is 24.0 Å². The lowest BCUT2D eigenvalue weighted by molar-refractivity contribution is -0.127. The molecule has 0 radical (unpaired) electrons. The van der Waals surface area contributed by atoms with Crippen molar-refractivity contribution in [3.8, 4) is 0 Å². The van der Waals surface area contributed by atoms with Crippen molar-refractivity contribution in [2.24, 2.45) is 0 Å². The van der Waals surface area contributed by atoms with Crippen LogP contribution in [0, 0.1) is 0 Å². The number of hydrogen-bond donors (Lipinski definition) is 2. The molecule has 19 heavy (non-hydrogen) atoms. The van der Waals surface area contributed by atoms with Gasteiger partial charge in [0.2, 0.25) is 0 Å². The van der Waals surface area contributed by atoms with Gasteiger partial charge in [0.25, 0.3) is 11.7 Å². The molecule has 3 rings (SSSR count). The molecular weight excluding hydrogens is 242 g/mol. The molecule has 98 valence electrons. The number of Topliss-reactive ketones (excluding diaryl/α,β-unsaturated/α-hetero) is 1. The number of nitrogens with zero attached hydrogens (tertiary/aromatic N) is 1. The second-order valence-electron chi connectivity index (χ2n) is 4.64. The molecule has 1 fully saturated rings. The molecule has 0 aliphatic carbocycles. The predicted molar refractivity (Wildman–Crippen MR) is 72.1 cm³/mol. The average Bonchev–Trinajstić information content (AvgIpc) is 2.90. The Morgan fingerprint density at radius 3 is 2.58 bits per heavy atom. The lowest BCUT2D eigenvalue weighted by Crippen LogP contribution is -2.48. The van der Waals surface area contributed by atoms with Crippen molar-refractivity contribution < 1.29 is 9.59 Å². The molecule has 1 aromatic heterocycles. The van der Waals surface area contributed by atoms with E-state index in [0.29, 0.717) is 18.8 Å². The number of hydrogen-bond acceptors (Lipinski definition) is 3. The van der Waals surface area contributed by atoms with Crippen LogP contribution in [0.2, 0.25) is 0 Å². The molecule has 1 amide bonds. The first-order chi connectivity index (χ1) is 9.25. The molecule has 0 spiro atoms. The topological polar surface area (TPSA) is 65.2 Å². The van der Waals surface area contributed by atoms with Crippen molar-refractivity contribution in [2.45, 2.75) is 0 Å². The van der Waals surface area contributed by atoms with Crippen molar-refractivity contribution in [1.82, 2.24) is 15.2 Å². The van der Waals surface area contributed by atoms with Crippen LogP contribution in [0.5, 0.6) is 0 Å². The smallest absolute Gasteiger partial charge is 0.296 e. The number of aromatic nitrogens is 1. The summed E-state index contributed by atoms with van der Waals surface area (Å²) in [6.07, 6.45) is 0. The summed E-state index contributed by atoms with van der Waals surface area (Å²) < 4.78 is 0. The number of carbonyl (C=O) groups is 2. The Morgan fingerprint density at radius 1 is 1.11 bits per heavy atom. The minimum atomic E-state index is -0.460. The number of benzene rings is 1. The fraction of sp³-hybridized carbons (Fsp3) is 0.286. The van der Waals surface area contributed by atoms with Gasteiger partial charge >= 0.3 is 0 Å². The van der Waals surface area contributed by atoms with Crippen molar-refractivity contribution in [3.63, 3.8) is 0 Å². The molecule has 2 aromatic rings. The number of piperazine rings is 1. The molecule has 0 saturated carbocycles. The van der Waals surface area contributed by atoms with E-state index in [4.69, 9.17) is 0 Å². The number of ketones is 1. The Balaban J connectivity index is 1.84. The Bertz CT molecular complexity index is 593. The largest absolute Gasteiger partial charge is 0.352 e. The summed E-state index contributed by atoms with van der Waals surface area (Å²) in [5.74, 6) is -0.883. The highest BCUT2D eigenvalue weighted by atomic mass is 16.2. The summed E-state index contributed by atoms with van der Waals surface area (Å²) in [4.78, 5) is 28.9. The van der Waals surface area contributed by atoms with Gasteiger partial charge in [0.15, 0.2) is 0 Å². The molecule has 2 heterocycles. The Kier molecular flexibility index (Phi) is 3.05. The zero-order chi connectivity index (χ0) is 13.2. The minimum absolute atomic E-state index is 0.365. The van der Waals surface area contributed by atoms with Crippen LogP contribution in [0.4, 0.5) is 0 Å². The fourth-order valence-electron chi connectivity index (χ4n) is 2.32. The van der Waals surface area contributed by atoms with E-state index in [1.54, 1.807) is 11.0 Å². The molecule has 5 heteroatoms. The Hall–Kier alpha value is -2.14.